The molecule has 0 aliphatic rings. The summed E-state index contributed by atoms with van der Waals surface area (Å²) in [5.74, 6) is 0. The van der Waals surface area contributed by atoms with Crippen LogP contribution in [0, 0.1) is 0 Å². The van der Waals surface area contributed by atoms with E-state index in [2.05, 4.69) is 231 Å². The summed E-state index contributed by atoms with van der Waals surface area (Å²) >= 11 is 0. The lowest BCUT2D eigenvalue weighted by Crippen LogP contribution is -2.10. The molecule has 0 unspecified atom stereocenters. The highest BCUT2D eigenvalue weighted by Crippen LogP contribution is 2.44. The molecule has 63 heavy (non-hydrogen) atoms. The maximum atomic E-state index is 6.46. The van der Waals surface area contributed by atoms with Gasteiger partial charge < -0.3 is 9.32 Å². The van der Waals surface area contributed by atoms with Gasteiger partial charge in [-0.25, -0.2) is 0 Å². The predicted molar refractivity (Wildman–Crippen MR) is 270 cm³/mol. The van der Waals surface area contributed by atoms with Gasteiger partial charge in [-0.05, 0) is 122 Å². The minimum Gasteiger partial charge on any atom is -0.455 e. The van der Waals surface area contributed by atoms with E-state index in [1.165, 1.54) is 32.7 Å². The van der Waals surface area contributed by atoms with Gasteiger partial charge in [0.1, 0.15) is 11.2 Å². The molecule has 0 spiro atoms. The summed E-state index contributed by atoms with van der Waals surface area (Å²) in [5.41, 5.74) is 16.5. The monoisotopic (exact) mass is 805 g/mol. The third kappa shape index (κ3) is 6.79. The molecule has 11 aromatic rings. The maximum absolute atomic E-state index is 6.46. The van der Waals surface area contributed by atoms with Crippen LogP contribution in [0.4, 0.5) is 17.1 Å². The van der Waals surface area contributed by atoms with Crippen molar-refractivity contribution < 1.29 is 4.42 Å². The van der Waals surface area contributed by atoms with E-state index in [0.29, 0.717) is 0 Å². The molecule has 298 valence electrons. The molecule has 0 N–H and O–H groups in total. The Kier molecular flexibility index (Phi) is 9.60. The number of nitrogens with zero attached hydrogens (tertiary/aromatic N) is 1. The Morgan fingerprint density at radius 2 is 0.984 bits per heavy atom. The van der Waals surface area contributed by atoms with Crippen LogP contribution >= 0.6 is 0 Å². The van der Waals surface area contributed by atoms with Crippen LogP contribution in [0.15, 0.2) is 229 Å². The number of furan rings is 1. The van der Waals surface area contributed by atoms with Gasteiger partial charge >= 0.3 is 0 Å². The summed E-state index contributed by atoms with van der Waals surface area (Å²) in [5, 5.41) is 7.11. The molecule has 1 heterocycles. The molecule has 2 nitrogen and oxygen atoms in total. The SMILES string of the molecule is C=Cc1c(/C=C\C)cc(-c2ccc(N(c3ccc(-c4cccc5c4oc4ccccc45)cc3)c3cc4ccccc4c4ccccc34)cc2)cc1-c1ccc(-c2ccccc2)cc1. The average molecular weight is 806 g/mol. The summed E-state index contributed by atoms with van der Waals surface area (Å²) in [6.45, 7) is 6.33. The Labute approximate surface area is 368 Å². The third-order valence-electron chi connectivity index (χ3n) is 12.4. The standard InChI is InChI=1S/C61H43NO/c1-3-15-46-38-48(39-58(51(46)4-2)45-28-26-42(27-29-45)41-16-6-5-7-17-41)43-30-34-49(35-31-43)62(59-40-47-18-8-9-19-52(47)54-20-10-11-21-55(54)59)50-36-32-44(33-37-50)53-23-14-24-57-56-22-12-13-25-60(56)63-61(53)57/h3-40H,2H2,1H3/b15-3-. The number of anilines is 3. The van der Waals surface area contributed by atoms with Crippen LogP contribution in [0.1, 0.15) is 18.1 Å². The number of hydrogen-bond acceptors (Lipinski definition) is 2. The summed E-state index contributed by atoms with van der Waals surface area (Å²) in [4.78, 5) is 2.40. The average Bonchev–Trinajstić information content (AvgIpc) is 3.74. The normalized spacial score (nSPS) is 11.6. The lowest BCUT2D eigenvalue weighted by atomic mass is 9.89. The van der Waals surface area contributed by atoms with Crippen LogP contribution in [0.25, 0.3) is 100 Å². The number of para-hydroxylation sites is 2. The van der Waals surface area contributed by atoms with Gasteiger partial charge in [0, 0.05) is 33.1 Å². The molecule has 0 saturated heterocycles. The van der Waals surface area contributed by atoms with Crippen molar-refractivity contribution in [2.75, 3.05) is 4.90 Å². The Balaban J connectivity index is 1.03. The van der Waals surface area contributed by atoms with Crippen LogP contribution in [-0.4, -0.2) is 0 Å². The molecular weight excluding hydrogens is 763 g/mol. The van der Waals surface area contributed by atoms with E-state index in [4.69, 9.17) is 4.42 Å². The first-order valence-corrected chi connectivity index (χ1v) is 21.6. The number of benzene rings is 10. The van der Waals surface area contributed by atoms with Crippen molar-refractivity contribution in [3.63, 3.8) is 0 Å². The lowest BCUT2D eigenvalue weighted by molar-refractivity contribution is 0.670. The number of rotatable bonds is 9. The topological polar surface area (TPSA) is 16.4 Å². The first kappa shape index (κ1) is 37.8. The Morgan fingerprint density at radius 1 is 0.429 bits per heavy atom. The molecule has 2 heteroatoms. The number of allylic oxidation sites excluding steroid dienone is 1. The quantitative estimate of drug-likeness (QED) is 0.135. The van der Waals surface area contributed by atoms with Gasteiger partial charge in [0.25, 0.3) is 0 Å². The number of fused-ring (bicyclic) bond motifs is 6. The number of hydrogen-bond donors (Lipinski definition) is 0. The molecule has 0 amide bonds. The Morgan fingerprint density at radius 3 is 1.71 bits per heavy atom. The van der Waals surface area contributed by atoms with Crippen molar-refractivity contribution in [3.8, 4) is 44.5 Å². The van der Waals surface area contributed by atoms with Crippen LogP contribution in [0.3, 0.4) is 0 Å². The van der Waals surface area contributed by atoms with Crippen molar-refractivity contribution in [2.45, 2.75) is 6.92 Å². The van der Waals surface area contributed by atoms with Gasteiger partial charge in [0.15, 0.2) is 0 Å². The van der Waals surface area contributed by atoms with Crippen LogP contribution < -0.4 is 4.90 Å². The second-order valence-electron chi connectivity index (χ2n) is 16.0. The second-order valence-corrected chi connectivity index (χ2v) is 16.0. The fourth-order valence-electron chi connectivity index (χ4n) is 9.31. The van der Waals surface area contributed by atoms with Crippen molar-refractivity contribution in [3.05, 3.63) is 236 Å². The summed E-state index contributed by atoms with van der Waals surface area (Å²) in [6.07, 6.45) is 6.27. The highest BCUT2D eigenvalue weighted by atomic mass is 16.3. The molecule has 0 bridgehead atoms. The molecule has 0 saturated carbocycles. The summed E-state index contributed by atoms with van der Waals surface area (Å²) in [6, 6.07) is 76.4. The summed E-state index contributed by atoms with van der Waals surface area (Å²) < 4.78 is 6.46. The van der Waals surface area contributed by atoms with E-state index < -0.39 is 0 Å². The molecule has 0 atom stereocenters. The Hall–Kier alpha value is -8.20. The van der Waals surface area contributed by atoms with Crippen molar-refractivity contribution >= 4 is 72.7 Å². The van der Waals surface area contributed by atoms with Gasteiger partial charge in [-0.1, -0.05) is 189 Å². The van der Waals surface area contributed by atoms with Gasteiger partial charge in [-0.15, -0.1) is 0 Å². The van der Waals surface area contributed by atoms with E-state index in [9.17, 15) is 0 Å². The predicted octanol–water partition coefficient (Wildman–Crippen LogP) is 17.7. The zero-order valence-corrected chi connectivity index (χ0v) is 35.0. The molecule has 0 aliphatic heterocycles. The van der Waals surface area contributed by atoms with E-state index in [1.54, 1.807) is 0 Å². The zero-order valence-electron chi connectivity index (χ0n) is 35.0. The third-order valence-corrected chi connectivity index (χ3v) is 12.4. The second kappa shape index (κ2) is 16.0. The molecule has 0 radical (unpaired) electrons. The minimum atomic E-state index is 0.901. The highest BCUT2D eigenvalue weighted by molar-refractivity contribution is 6.15. The molecule has 11 rings (SSSR count). The van der Waals surface area contributed by atoms with Crippen LogP contribution in [0.2, 0.25) is 0 Å². The molecule has 10 aromatic carbocycles. The van der Waals surface area contributed by atoms with Crippen molar-refractivity contribution in [2.24, 2.45) is 0 Å². The van der Waals surface area contributed by atoms with Crippen LogP contribution in [-0.2, 0) is 0 Å². The van der Waals surface area contributed by atoms with E-state index in [0.717, 1.165) is 83.5 Å². The first-order valence-electron chi connectivity index (χ1n) is 21.6. The largest absolute Gasteiger partial charge is 0.455 e. The zero-order chi connectivity index (χ0) is 42.3. The smallest absolute Gasteiger partial charge is 0.143 e. The molecule has 1 aromatic heterocycles. The van der Waals surface area contributed by atoms with Gasteiger partial charge in [-0.2, -0.15) is 0 Å². The van der Waals surface area contributed by atoms with Gasteiger partial charge in [0.05, 0.1) is 5.69 Å². The summed E-state index contributed by atoms with van der Waals surface area (Å²) in [7, 11) is 0. The van der Waals surface area contributed by atoms with E-state index in [1.807, 2.05) is 18.2 Å². The lowest BCUT2D eigenvalue weighted by Gasteiger charge is -2.28. The fourth-order valence-corrected chi connectivity index (χ4v) is 9.31. The van der Waals surface area contributed by atoms with Gasteiger partial charge in [-0.3, -0.25) is 0 Å². The highest BCUT2D eigenvalue weighted by Gasteiger charge is 2.19. The molecule has 0 fully saturated rings. The van der Waals surface area contributed by atoms with E-state index >= 15 is 0 Å². The van der Waals surface area contributed by atoms with Crippen molar-refractivity contribution in [1.82, 2.24) is 0 Å². The van der Waals surface area contributed by atoms with E-state index in [-0.39, 0.29) is 0 Å². The van der Waals surface area contributed by atoms with Crippen molar-refractivity contribution in [1.29, 1.82) is 0 Å². The first-order chi connectivity index (χ1) is 31.1. The maximum Gasteiger partial charge on any atom is 0.143 e. The minimum absolute atomic E-state index is 0.901. The van der Waals surface area contributed by atoms with Crippen LogP contribution in [0.5, 0.6) is 0 Å². The van der Waals surface area contributed by atoms with Gasteiger partial charge in [0.2, 0.25) is 0 Å². The fraction of sp³-hybridized carbons (Fsp3) is 0.0164. The Bertz CT molecular complexity index is 3500. The molecule has 0 aliphatic carbocycles. The molecular formula is C61H43NO.